The van der Waals surface area contributed by atoms with Gasteiger partial charge in [-0.25, -0.2) is 4.98 Å². The van der Waals surface area contributed by atoms with Gasteiger partial charge in [0, 0.05) is 12.0 Å². The highest BCUT2D eigenvalue weighted by Crippen LogP contribution is 2.39. The number of nitrogens with zero attached hydrogens (tertiary/aromatic N) is 1. The molecule has 116 valence electrons. The monoisotopic (exact) mass is 300 g/mol. The van der Waals surface area contributed by atoms with Gasteiger partial charge in [0.25, 0.3) is 5.91 Å². The van der Waals surface area contributed by atoms with Crippen LogP contribution in [0.15, 0.2) is 29.0 Å². The smallest absolute Gasteiger partial charge is 0.274 e. The van der Waals surface area contributed by atoms with Crippen LogP contribution in [0.1, 0.15) is 53.7 Å². The van der Waals surface area contributed by atoms with E-state index < -0.39 is 0 Å². The maximum atomic E-state index is 12.4. The molecule has 3 rings (SSSR count). The summed E-state index contributed by atoms with van der Waals surface area (Å²) in [5.74, 6) is 1.12. The molecule has 1 aromatic heterocycles. The topological polar surface area (TPSA) is 64.4 Å². The molecule has 0 aliphatic carbocycles. The number of aromatic nitrogens is 1. The predicted molar refractivity (Wildman–Crippen MR) is 82.0 cm³/mol. The maximum absolute atomic E-state index is 12.4. The SMILES string of the molecule is Cc1ccc2c(c1)C(NC(=O)c1ncoc1C)CC(C)(C)O2. The highest BCUT2D eigenvalue weighted by molar-refractivity contribution is 5.93. The number of amides is 1. The van der Waals surface area contributed by atoms with Gasteiger partial charge in [-0.3, -0.25) is 4.79 Å². The Morgan fingerprint density at radius 2 is 2.14 bits per heavy atom. The molecule has 1 unspecified atom stereocenters. The Morgan fingerprint density at radius 1 is 1.36 bits per heavy atom. The molecule has 5 heteroatoms. The number of carbonyl (C=O) groups is 1. The molecule has 5 nitrogen and oxygen atoms in total. The van der Waals surface area contributed by atoms with Crippen LogP contribution >= 0.6 is 0 Å². The van der Waals surface area contributed by atoms with Crippen molar-refractivity contribution in [3.8, 4) is 5.75 Å². The predicted octanol–water partition coefficient (Wildman–Crippen LogP) is 3.32. The lowest BCUT2D eigenvalue weighted by atomic mass is 9.89. The molecule has 0 saturated carbocycles. The molecular weight excluding hydrogens is 280 g/mol. The number of benzene rings is 1. The molecule has 1 amide bonds. The van der Waals surface area contributed by atoms with E-state index >= 15 is 0 Å². The van der Waals surface area contributed by atoms with E-state index in [0.717, 1.165) is 16.9 Å². The minimum absolute atomic E-state index is 0.109. The summed E-state index contributed by atoms with van der Waals surface area (Å²) in [5, 5.41) is 3.06. The summed E-state index contributed by atoms with van der Waals surface area (Å²) in [7, 11) is 0. The Bertz CT molecular complexity index is 718. The van der Waals surface area contributed by atoms with Crippen molar-refractivity contribution in [2.24, 2.45) is 0 Å². The van der Waals surface area contributed by atoms with Gasteiger partial charge in [-0.15, -0.1) is 0 Å². The molecule has 0 saturated heterocycles. The first kappa shape index (κ1) is 14.6. The molecular formula is C17H20N2O3. The van der Waals surface area contributed by atoms with Crippen LogP contribution in [0.5, 0.6) is 5.75 Å². The lowest BCUT2D eigenvalue weighted by Gasteiger charge is -2.38. The van der Waals surface area contributed by atoms with Crippen LogP contribution in [-0.4, -0.2) is 16.5 Å². The molecule has 0 bridgehead atoms. The molecule has 1 atom stereocenters. The third-order valence-electron chi connectivity index (χ3n) is 3.89. The second-order valence-corrected chi connectivity index (χ2v) is 6.39. The number of oxazole rings is 1. The molecule has 0 spiro atoms. The van der Waals surface area contributed by atoms with Crippen molar-refractivity contribution in [2.45, 2.75) is 45.8 Å². The van der Waals surface area contributed by atoms with Gasteiger partial charge < -0.3 is 14.5 Å². The minimum atomic E-state index is -0.334. The third-order valence-corrected chi connectivity index (χ3v) is 3.89. The standard InChI is InChI=1S/C17H20N2O3/c1-10-5-6-14-12(7-10)13(8-17(3,4)22-14)19-16(20)15-11(2)21-9-18-15/h5-7,9,13H,8H2,1-4H3,(H,19,20). The Labute approximate surface area is 129 Å². The highest BCUT2D eigenvalue weighted by atomic mass is 16.5. The van der Waals surface area contributed by atoms with Gasteiger partial charge in [0.15, 0.2) is 12.1 Å². The number of nitrogens with one attached hydrogen (secondary N) is 1. The highest BCUT2D eigenvalue weighted by Gasteiger charge is 2.35. The summed E-state index contributed by atoms with van der Waals surface area (Å²) in [5.41, 5.74) is 2.14. The van der Waals surface area contributed by atoms with Crippen LogP contribution in [-0.2, 0) is 0 Å². The average Bonchev–Trinajstić information content (AvgIpc) is 2.85. The molecule has 1 aliphatic rings. The number of aryl methyl sites for hydroxylation is 2. The second kappa shape index (κ2) is 5.16. The zero-order chi connectivity index (χ0) is 15.9. The Kier molecular flexibility index (Phi) is 3.43. The van der Waals surface area contributed by atoms with Crippen LogP contribution in [0, 0.1) is 13.8 Å². The lowest BCUT2D eigenvalue weighted by molar-refractivity contribution is 0.0617. The minimum Gasteiger partial charge on any atom is -0.487 e. The van der Waals surface area contributed by atoms with Gasteiger partial charge in [0.05, 0.1) is 6.04 Å². The van der Waals surface area contributed by atoms with Crippen molar-refractivity contribution in [3.05, 3.63) is 47.2 Å². The fraction of sp³-hybridized carbons (Fsp3) is 0.412. The van der Waals surface area contributed by atoms with Crippen LogP contribution in [0.3, 0.4) is 0 Å². The van der Waals surface area contributed by atoms with Gasteiger partial charge in [-0.05, 0) is 33.8 Å². The first-order valence-electron chi connectivity index (χ1n) is 7.36. The van der Waals surface area contributed by atoms with Crippen molar-refractivity contribution in [1.29, 1.82) is 0 Å². The second-order valence-electron chi connectivity index (χ2n) is 6.39. The average molecular weight is 300 g/mol. The van der Waals surface area contributed by atoms with Gasteiger partial charge >= 0.3 is 0 Å². The summed E-state index contributed by atoms with van der Waals surface area (Å²) in [6, 6.07) is 5.93. The maximum Gasteiger partial charge on any atom is 0.274 e. The van der Waals surface area contributed by atoms with Crippen LogP contribution in [0.25, 0.3) is 0 Å². The van der Waals surface area contributed by atoms with Crippen LogP contribution in [0.4, 0.5) is 0 Å². The van der Waals surface area contributed by atoms with E-state index in [2.05, 4.69) is 16.4 Å². The Balaban J connectivity index is 1.92. The summed E-state index contributed by atoms with van der Waals surface area (Å²) in [6.07, 6.45) is 1.99. The first-order valence-corrected chi connectivity index (χ1v) is 7.36. The fourth-order valence-corrected chi connectivity index (χ4v) is 2.85. The van der Waals surface area contributed by atoms with E-state index in [0.29, 0.717) is 17.9 Å². The summed E-state index contributed by atoms with van der Waals surface area (Å²) >= 11 is 0. The quantitative estimate of drug-likeness (QED) is 0.924. The Hall–Kier alpha value is -2.30. The molecule has 2 heterocycles. The zero-order valence-electron chi connectivity index (χ0n) is 13.3. The van der Waals surface area contributed by atoms with E-state index in [-0.39, 0.29) is 17.6 Å². The van der Waals surface area contributed by atoms with Gasteiger partial charge in [0.2, 0.25) is 0 Å². The van der Waals surface area contributed by atoms with E-state index in [1.54, 1.807) is 6.92 Å². The lowest BCUT2D eigenvalue weighted by Crippen LogP contribution is -2.41. The summed E-state index contributed by atoms with van der Waals surface area (Å²) in [6.45, 7) is 7.81. The molecule has 22 heavy (non-hydrogen) atoms. The van der Waals surface area contributed by atoms with E-state index in [9.17, 15) is 4.79 Å². The number of ether oxygens (including phenoxy) is 1. The van der Waals surface area contributed by atoms with E-state index in [1.807, 2.05) is 32.9 Å². The molecule has 2 aromatic rings. The van der Waals surface area contributed by atoms with Crippen molar-refractivity contribution < 1.29 is 13.9 Å². The first-order chi connectivity index (χ1) is 10.4. The number of hydrogen-bond acceptors (Lipinski definition) is 4. The Morgan fingerprint density at radius 3 is 2.82 bits per heavy atom. The van der Waals surface area contributed by atoms with Crippen molar-refractivity contribution >= 4 is 5.91 Å². The molecule has 1 aliphatic heterocycles. The molecule has 0 fully saturated rings. The molecule has 1 N–H and O–H groups in total. The van der Waals surface area contributed by atoms with E-state index in [4.69, 9.17) is 9.15 Å². The van der Waals surface area contributed by atoms with Crippen molar-refractivity contribution in [1.82, 2.24) is 10.3 Å². The number of fused-ring (bicyclic) bond motifs is 1. The molecule has 0 radical (unpaired) electrons. The largest absolute Gasteiger partial charge is 0.487 e. The summed E-state index contributed by atoms with van der Waals surface area (Å²) < 4.78 is 11.1. The normalized spacial score (nSPS) is 19.2. The fourth-order valence-electron chi connectivity index (χ4n) is 2.85. The number of rotatable bonds is 2. The van der Waals surface area contributed by atoms with Crippen molar-refractivity contribution in [2.75, 3.05) is 0 Å². The van der Waals surface area contributed by atoms with Gasteiger partial charge in [-0.2, -0.15) is 0 Å². The van der Waals surface area contributed by atoms with Crippen LogP contribution in [0.2, 0.25) is 0 Å². The van der Waals surface area contributed by atoms with Gasteiger partial charge in [0.1, 0.15) is 17.1 Å². The van der Waals surface area contributed by atoms with Gasteiger partial charge in [-0.1, -0.05) is 17.7 Å². The van der Waals surface area contributed by atoms with Crippen LogP contribution < -0.4 is 10.1 Å². The summed E-state index contributed by atoms with van der Waals surface area (Å²) in [4.78, 5) is 16.4. The van der Waals surface area contributed by atoms with E-state index in [1.165, 1.54) is 6.39 Å². The number of hydrogen-bond donors (Lipinski definition) is 1. The van der Waals surface area contributed by atoms with Crippen molar-refractivity contribution in [3.63, 3.8) is 0 Å². The number of carbonyl (C=O) groups excluding carboxylic acids is 1. The zero-order valence-corrected chi connectivity index (χ0v) is 13.3. The molecule has 1 aromatic carbocycles. The third kappa shape index (κ3) is 2.71.